The number of carbonyl (C=O) groups excluding carboxylic acids is 1. The minimum absolute atomic E-state index is 0.434. The molecule has 0 spiro atoms. The highest BCUT2D eigenvalue weighted by molar-refractivity contribution is 5.90. The smallest absolute Gasteiger partial charge is 0.343 e. The molecule has 19 heavy (non-hydrogen) atoms. The molecule has 0 saturated carbocycles. The van der Waals surface area contributed by atoms with Gasteiger partial charge in [-0.2, -0.15) is 5.10 Å². The molecule has 0 amide bonds. The van der Waals surface area contributed by atoms with E-state index in [0.29, 0.717) is 11.5 Å². The molecule has 0 aliphatic carbocycles. The zero-order valence-corrected chi connectivity index (χ0v) is 11.9. The Balaban J connectivity index is 2.93. The summed E-state index contributed by atoms with van der Waals surface area (Å²) in [6.07, 6.45) is 8.28. The molecule has 1 rings (SSSR count). The summed E-state index contributed by atoms with van der Waals surface area (Å²) in [4.78, 5) is 12.1. The third kappa shape index (κ3) is 3.47. The average Bonchev–Trinajstić information content (AvgIpc) is 2.70. The number of carbonyl (C=O) groups is 1. The molecule has 0 bridgehead atoms. The van der Waals surface area contributed by atoms with Crippen LogP contribution in [0.3, 0.4) is 0 Å². The summed E-state index contributed by atoms with van der Waals surface area (Å²) in [5, 5.41) is 4.20. The minimum atomic E-state index is -1.09. The lowest BCUT2D eigenvalue weighted by atomic mass is 10.1. The van der Waals surface area contributed by atoms with Gasteiger partial charge in [-0.05, 0) is 25.8 Å². The fourth-order valence-electron chi connectivity index (χ4n) is 1.55. The first kappa shape index (κ1) is 15.0. The molecule has 1 aromatic heterocycles. The van der Waals surface area contributed by atoms with Crippen LogP contribution < -0.4 is 0 Å². The number of hydrogen-bond donors (Lipinski definition) is 0. The van der Waals surface area contributed by atoms with E-state index in [1.807, 2.05) is 6.92 Å². The Morgan fingerprint density at radius 2 is 2.37 bits per heavy atom. The molecule has 4 heteroatoms. The normalized spacial score (nSPS) is 13.7. The predicted molar refractivity (Wildman–Crippen MR) is 74.7 cm³/mol. The minimum Gasteiger partial charge on any atom is -0.439 e. The maximum Gasteiger partial charge on any atom is 0.343 e. The van der Waals surface area contributed by atoms with Gasteiger partial charge in [0.25, 0.3) is 0 Å². The molecule has 1 atom stereocenters. The number of terminal acetylenes is 1. The third-order valence-corrected chi connectivity index (χ3v) is 2.84. The van der Waals surface area contributed by atoms with Crippen molar-refractivity contribution in [2.75, 3.05) is 0 Å². The van der Waals surface area contributed by atoms with Crippen molar-refractivity contribution in [1.29, 1.82) is 0 Å². The molecule has 0 saturated heterocycles. The molecule has 102 valence electrons. The molecule has 1 aromatic rings. The van der Waals surface area contributed by atoms with E-state index in [9.17, 15) is 4.79 Å². The quantitative estimate of drug-likeness (QED) is 0.464. The SMILES string of the molecule is C#C[C@@](C)(C=C)OC(=O)c1cnn(CC(C)C)c1C. The van der Waals surface area contributed by atoms with E-state index in [1.54, 1.807) is 11.6 Å². The van der Waals surface area contributed by atoms with Gasteiger partial charge < -0.3 is 4.74 Å². The average molecular weight is 260 g/mol. The topological polar surface area (TPSA) is 44.1 Å². The Morgan fingerprint density at radius 1 is 1.74 bits per heavy atom. The van der Waals surface area contributed by atoms with Gasteiger partial charge in [-0.15, -0.1) is 6.42 Å². The van der Waals surface area contributed by atoms with Crippen LogP contribution in [0.2, 0.25) is 0 Å². The van der Waals surface area contributed by atoms with E-state index >= 15 is 0 Å². The summed E-state index contributed by atoms with van der Waals surface area (Å²) in [5.74, 6) is 2.37. The summed E-state index contributed by atoms with van der Waals surface area (Å²) in [7, 11) is 0. The summed E-state index contributed by atoms with van der Waals surface area (Å²) < 4.78 is 7.07. The second-order valence-corrected chi connectivity index (χ2v) is 5.06. The van der Waals surface area contributed by atoms with Gasteiger partial charge in [0.2, 0.25) is 0 Å². The third-order valence-electron chi connectivity index (χ3n) is 2.84. The van der Waals surface area contributed by atoms with Crippen LogP contribution in [0.25, 0.3) is 0 Å². The Hall–Kier alpha value is -2.02. The predicted octanol–water partition coefficient (Wildman–Crippen LogP) is 2.58. The molecule has 0 aromatic carbocycles. The van der Waals surface area contributed by atoms with E-state index in [1.165, 1.54) is 12.3 Å². The van der Waals surface area contributed by atoms with Gasteiger partial charge in [0.1, 0.15) is 5.56 Å². The van der Waals surface area contributed by atoms with Crippen LogP contribution in [0, 0.1) is 25.2 Å². The molecule has 0 aliphatic rings. The second kappa shape index (κ2) is 5.75. The largest absolute Gasteiger partial charge is 0.439 e. The maximum absolute atomic E-state index is 12.1. The van der Waals surface area contributed by atoms with Crippen LogP contribution in [0.4, 0.5) is 0 Å². The number of aromatic nitrogens is 2. The highest BCUT2D eigenvalue weighted by Crippen LogP contribution is 2.17. The lowest BCUT2D eigenvalue weighted by Crippen LogP contribution is -2.27. The first-order chi connectivity index (χ1) is 8.83. The molecular formula is C15H20N2O2. The van der Waals surface area contributed by atoms with Gasteiger partial charge in [0, 0.05) is 12.2 Å². The van der Waals surface area contributed by atoms with Gasteiger partial charge >= 0.3 is 5.97 Å². The lowest BCUT2D eigenvalue weighted by Gasteiger charge is -2.19. The Morgan fingerprint density at radius 3 is 2.84 bits per heavy atom. The highest BCUT2D eigenvalue weighted by Gasteiger charge is 2.25. The fourth-order valence-corrected chi connectivity index (χ4v) is 1.55. The van der Waals surface area contributed by atoms with Gasteiger partial charge in [0.05, 0.1) is 6.20 Å². The Bertz CT molecular complexity index is 523. The first-order valence-electron chi connectivity index (χ1n) is 6.20. The van der Waals surface area contributed by atoms with Crippen molar-refractivity contribution in [3.8, 4) is 12.3 Å². The van der Waals surface area contributed by atoms with Crippen molar-refractivity contribution in [3.63, 3.8) is 0 Å². The second-order valence-electron chi connectivity index (χ2n) is 5.06. The van der Waals surface area contributed by atoms with E-state index in [4.69, 9.17) is 11.2 Å². The van der Waals surface area contributed by atoms with Crippen molar-refractivity contribution < 1.29 is 9.53 Å². The summed E-state index contributed by atoms with van der Waals surface area (Å²) in [6, 6.07) is 0. The number of rotatable bonds is 5. The Kier molecular flexibility index (Phi) is 4.55. The van der Waals surface area contributed by atoms with Gasteiger partial charge in [-0.3, -0.25) is 4.68 Å². The number of esters is 1. The van der Waals surface area contributed by atoms with Crippen molar-refractivity contribution in [2.24, 2.45) is 5.92 Å². The van der Waals surface area contributed by atoms with Gasteiger partial charge in [0.15, 0.2) is 5.60 Å². The van der Waals surface area contributed by atoms with Crippen molar-refractivity contribution >= 4 is 5.97 Å². The van der Waals surface area contributed by atoms with Crippen LogP contribution in [-0.2, 0) is 11.3 Å². The molecule has 0 unspecified atom stereocenters. The van der Waals surface area contributed by atoms with E-state index < -0.39 is 11.6 Å². The number of nitrogens with zero attached hydrogens (tertiary/aromatic N) is 2. The molecule has 0 fully saturated rings. The molecule has 0 aliphatic heterocycles. The van der Waals surface area contributed by atoms with Crippen LogP contribution in [0.15, 0.2) is 18.9 Å². The van der Waals surface area contributed by atoms with E-state index in [2.05, 4.69) is 31.4 Å². The van der Waals surface area contributed by atoms with Gasteiger partial charge in [-0.25, -0.2) is 4.79 Å². The lowest BCUT2D eigenvalue weighted by molar-refractivity contribution is 0.0283. The van der Waals surface area contributed by atoms with E-state index in [0.717, 1.165) is 12.2 Å². The van der Waals surface area contributed by atoms with Gasteiger partial charge in [-0.1, -0.05) is 26.3 Å². The van der Waals surface area contributed by atoms with Crippen molar-refractivity contribution in [2.45, 2.75) is 39.8 Å². The molecular weight excluding hydrogens is 240 g/mol. The first-order valence-corrected chi connectivity index (χ1v) is 6.20. The zero-order chi connectivity index (χ0) is 14.6. The Labute approximate surface area is 114 Å². The van der Waals surface area contributed by atoms with Crippen molar-refractivity contribution in [3.05, 3.63) is 30.1 Å². The number of ether oxygens (including phenoxy) is 1. The maximum atomic E-state index is 12.1. The van der Waals surface area contributed by atoms with Crippen molar-refractivity contribution in [1.82, 2.24) is 9.78 Å². The van der Waals surface area contributed by atoms with Crippen LogP contribution in [-0.4, -0.2) is 21.4 Å². The van der Waals surface area contributed by atoms with Crippen LogP contribution in [0.1, 0.15) is 36.8 Å². The number of hydrogen-bond acceptors (Lipinski definition) is 3. The molecule has 0 N–H and O–H groups in total. The highest BCUT2D eigenvalue weighted by atomic mass is 16.6. The summed E-state index contributed by atoms with van der Waals surface area (Å²) >= 11 is 0. The fraction of sp³-hybridized carbons (Fsp3) is 0.467. The standard InChI is InChI=1S/C15H20N2O2/c1-7-15(6,8-2)19-14(18)13-9-16-17(12(13)5)10-11(3)4/h1,8-9,11H,2,10H2,3-6H3/t15-/m0/s1. The molecule has 4 nitrogen and oxygen atoms in total. The zero-order valence-electron chi connectivity index (χ0n) is 11.9. The molecule has 0 radical (unpaired) electrons. The monoisotopic (exact) mass is 260 g/mol. The summed E-state index contributed by atoms with van der Waals surface area (Å²) in [6.45, 7) is 12.0. The molecule has 1 heterocycles. The summed E-state index contributed by atoms with van der Waals surface area (Å²) in [5.41, 5.74) is 0.120. The van der Waals surface area contributed by atoms with Crippen LogP contribution >= 0.6 is 0 Å². The van der Waals surface area contributed by atoms with Crippen LogP contribution in [0.5, 0.6) is 0 Å². The van der Waals surface area contributed by atoms with E-state index in [-0.39, 0.29) is 0 Å².